The summed E-state index contributed by atoms with van der Waals surface area (Å²) in [7, 11) is 1.61. The summed E-state index contributed by atoms with van der Waals surface area (Å²) in [6, 6.07) is 1.84. The SMILES string of the molecule is COCc1nc(NN)cc(C(C)C)n1. The molecule has 14 heavy (non-hydrogen) atoms. The zero-order valence-corrected chi connectivity index (χ0v) is 8.74. The van der Waals surface area contributed by atoms with Crippen molar-refractivity contribution >= 4 is 5.82 Å². The summed E-state index contributed by atoms with van der Waals surface area (Å²) >= 11 is 0. The highest BCUT2D eigenvalue weighted by atomic mass is 16.5. The van der Waals surface area contributed by atoms with Crippen LogP contribution in [0.15, 0.2) is 6.07 Å². The van der Waals surface area contributed by atoms with Crippen molar-refractivity contribution in [2.75, 3.05) is 12.5 Å². The quantitative estimate of drug-likeness (QED) is 0.556. The molecule has 0 aliphatic carbocycles. The van der Waals surface area contributed by atoms with Gasteiger partial charge in [-0.3, -0.25) is 0 Å². The van der Waals surface area contributed by atoms with Crippen LogP contribution in [0.3, 0.4) is 0 Å². The lowest BCUT2D eigenvalue weighted by molar-refractivity contribution is 0.177. The van der Waals surface area contributed by atoms with E-state index in [9.17, 15) is 0 Å². The van der Waals surface area contributed by atoms with E-state index in [1.54, 1.807) is 7.11 Å². The van der Waals surface area contributed by atoms with Crippen molar-refractivity contribution in [3.05, 3.63) is 17.6 Å². The number of nitrogens with one attached hydrogen (secondary N) is 1. The van der Waals surface area contributed by atoms with Crippen LogP contribution in [0.25, 0.3) is 0 Å². The standard InChI is InChI=1S/C9H16N4O/c1-6(2)7-4-8(13-10)12-9(11-7)5-14-3/h4,6H,5,10H2,1-3H3,(H,11,12,13). The molecular weight excluding hydrogens is 180 g/mol. The number of nitrogen functional groups attached to an aromatic ring is 1. The van der Waals surface area contributed by atoms with Crippen LogP contribution in [-0.2, 0) is 11.3 Å². The van der Waals surface area contributed by atoms with Gasteiger partial charge in [-0.25, -0.2) is 15.8 Å². The van der Waals surface area contributed by atoms with Crippen molar-refractivity contribution in [3.8, 4) is 0 Å². The number of hydrogen-bond acceptors (Lipinski definition) is 5. The monoisotopic (exact) mass is 196 g/mol. The number of rotatable bonds is 4. The predicted molar refractivity (Wildman–Crippen MR) is 54.6 cm³/mol. The molecule has 1 aromatic heterocycles. The fourth-order valence-electron chi connectivity index (χ4n) is 1.08. The molecule has 1 aromatic rings. The lowest BCUT2D eigenvalue weighted by Gasteiger charge is -2.09. The predicted octanol–water partition coefficient (Wildman–Crippen LogP) is 1.03. The molecular formula is C9H16N4O. The average Bonchev–Trinajstić information content (AvgIpc) is 2.17. The second-order valence-electron chi connectivity index (χ2n) is 3.33. The van der Waals surface area contributed by atoms with E-state index in [2.05, 4.69) is 29.2 Å². The van der Waals surface area contributed by atoms with E-state index in [-0.39, 0.29) is 0 Å². The Morgan fingerprint density at radius 2 is 2.21 bits per heavy atom. The molecule has 0 atom stereocenters. The summed E-state index contributed by atoms with van der Waals surface area (Å²) in [6.07, 6.45) is 0. The minimum Gasteiger partial charge on any atom is -0.377 e. The van der Waals surface area contributed by atoms with E-state index < -0.39 is 0 Å². The molecule has 0 spiro atoms. The number of ether oxygens (including phenoxy) is 1. The van der Waals surface area contributed by atoms with Crippen molar-refractivity contribution in [1.29, 1.82) is 0 Å². The number of anilines is 1. The van der Waals surface area contributed by atoms with Gasteiger partial charge in [0, 0.05) is 18.9 Å². The summed E-state index contributed by atoms with van der Waals surface area (Å²) in [5.74, 6) is 6.92. The van der Waals surface area contributed by atoms with E-state index in [1.165, 1.54) is 0 Å². The van der Waals surface area contributed by atoms with Crippen LogP contribution in [0.5, 0.6) is 0 Å². The van der Waals surface area contributed by atoms with Crippen molar-refractivity contribution in [1.82, 2.24) is 9.97 Å². The van der Waals surface area contributed by atoms with Crippen LogP contribution < -0.4 is 11.3 Å². The molecule has 5 heteroatoms. The number of nitrogens with zero attached hydrogens (tertiary/aromatic N) is 2. The maximum absolute atomic E-state index is 5.30. The second-order valence-corrected chi connectivity index (χ2v) is 3.33. The smallest absolute Gasteiger partial charge is 0.156 e. The molecule has 0 saturated heterocycles. The van der Waals surface area contributed by atoms with Crippen molar-refractivity contribution in [2.24, 2.45) is 5.84 Å². The molecule has 5 nitrogen and oxygen atoms in total. The maximum Gasteiger partial charge on any atom is 0.156 e. The Labute approximate surface area is 83.7 Å². The van der Waals surface area contributed by atoms with E-state index in [1.807, 2.05) is 6.07 Å². The van der Waals surface area contributed by atoms with Crippen LogP contribution in [-0.4, -0.2) is 17.1 Å². The van der Waals surface area contributed by atoms with Crippen molar-refractivity contribution in [3.63, 3.8) is 0 Å². The first kappa shape index (κ1) is 10.9. The Morgan fingerprint density at radius 1 is 1.50 bits per heavy atom. The molecule has 0 amide bonds. The Hall–Kier alpha value is -1.20. The highest BCUT2D eigenvalue weighted by Gasteiger charge is 2.06. The molecule has 0 saturated carbocycles. The molecule has 0 bridgehead atoms. The lowest BCUT2D eigenvalue weighted by Crippen LogP contribution is -2.12. The van der Waals surface area contributed by atoms with E-state index in [0.29, 0.717) is 24.2 Å². The fraction of sp³-hybridized carbons (Fsp3) is 0.556. The van der Waals surface area contributed by atoms with Gasteiger partial charge < -0.3 is 10.2 Å². The third-order valence-electron chi connectivity index (χ3n) is 1.81. The third-order valence-corrected chi connectivity index (χ3v) is 1.81. The van der Waals surface area contributed by atoms with E-state index >= 15 is 0 Å². The minimum atomic E-state index is 0.348. The molecule has 1 rings (SSSR count). The molecule has 0 aromatic carbocycles. The van der Waals surface area contributed by atoms with Crippen LogP contribution in [0, 0.1) is 0 Å². The van der Waals surface area contributed by atoms with E-state index in [0.717, 1.165) is 5.69 Å². The van der Waals surface area contributed by atoms with Gasteiger partial charge in [-0.1, -0.05) is 13.8 Å². The molecule has 3 N–H and O–H groups in total. The average molecular weight is 196 g/mol. The molecule has 78 valence electrons. The van der Waals surface area contributed by atoms with E-state index in [4.69, 9.17) is 10.6 Å². The van der Waals surface area contributed by atoms with Gasteiger partial charge >= 0.3 is 0 Å². The number of aromatic nitrogens is 2. The first-order chi connectivity index (χ1) is 6.67. The number of hydrazine groups is 1. The Balaban J connectivity index is 3.00. The summed E-state index contributed by atoms with van der Waals surface area (Å²) in [6.45, 7) is 4.54. The van der Waals surface area contributed by atoms with Gasteiger partial charge in [0.2, 0.25) is 0 Å². The minimum absolute atomic E-state index is 0.348. The van der Waals surface area contributed by atoms with Gasteiger partial charge in [0.1, 0.15) is 12.4 Å². The summed E-state index contributed by atoms with van der Waals surface area (Å²) in [5, 5.41) is 0. The van der Waals surface area contributed by atoms with Crippen LogP contribution in [0.4, 0.5) is 5.82 Å². The van der Waals surface area contributed by atoms with Crippen LogP contribution in [0.1, 0.15) is 31.3 Å². The first-order valence-electron chi connectivity index (χ1n) is 4.50. The van der Waals surface area contributed by atoms with Gasteiger partial charge in [0.15, 0.2) is 5.82 Å². The van der Waals surface area contributed by atoms with Gasteiger partial charge in [-0.2, -0.15) is 0 Å². The first-order valence-corrected chi connectivity index (χ1v) is 4.50. The maximum atomic E-state index is 5.30. The summed E-state index contributed by atoms with van der Waals surface area (Å²) < 4.78 is 4.97. The Bertz CT molecular complexity index is 301. The third kappa shape index (κ3) is 2.65. The van der Waals surface area contributed by atoms with Crippen molar-refractivity contribution < 1.29 is 4.74 Å². The van der Waals surface area contributed by atoms with Crippen LogP contribution in [0.2, 0.25) is 0 Å². The molecule has 0 fully saturated rings. The molecule has 0 unspecified atom stereocenters. The van der Waals surface area contributed by atoms with Crippen LogP contribution >= 0.6 is 0 Å². The van der Waals surface area contributed by atoms with Gasteiger partial charge in [0.05, 0.1) is 0 Å². The molecule has 1 heterocycles. The second kappa shape index (κ2) is 4.88. The molecule has 0 radical (unpaired) electrons. The summed E-state index contributed by atoms with van der Waals surface area (Å²) in [5.41, 5.74) is 3.47. The van der Waals surface area contributed by atoms with Gasteiger partial charge in [0.25, 0.3) is 0 Å². The summed E-state index contributed by atoms with van der Waals surface area (Å²) in [4.78, 5) is 8.49. The largest absolute Gasteiger partial charge is 0.377 e. The normalized spacial score (nSPS) is 10.6. The Kier molecular flexibility index (Phi) is 3.79. The van der Waals surface area contributed by atoms with Gasteiger partial charge in [-0.15, -0.1) is 0 Å². The van der Waals surface area contributed by atoms with Gasteiger partial charge in [-0.05, 0) is 5.92 Å². The molecule has 0 aliphatic heterocycles. The number of hydrogen-bond donors (Lipinski definition) is 2. The lowest BCUT2D eigenvalue weighted by atomic mass is 10.1. The number of nitrogens with two attached hydrogens (primary N) is 1. The number of methoxy groups -OCH3 is 1. The molecule has 0 aliphatic rings. The van der Waals surface area contributed by atoms with Crippen molar-refractivity contribution in [2.45, 2.75) is 26.4 Å². The fourth-order valence-corrected chi connectivity index (χ4v) is 1.08. The Morgan fingerprint density at radius 3 is 2.71 bits per heavy atom. The zero-order chi connectivity index (χ0) is 10.6. The highest BCUT2D eigenvalue weighted by Crippen LogP contribution is 2.15. The topological polar surface area (TPSA) is 73.1 Å². The highest BCUT2D eigenvalue weighted by molar-refractivity contribution is 5.35. The zero-order valence-electron chi connectivity index (χ0n) is 8.74.